The minimum absolute atomic E-state index is 0.0706. The highest BCUT2D eigenvalue weighted by molar-refractivity contribution is 7.85. The second-order valence-electron chi connectivity index (χ2n) is 15.7. The molecule has 0 atom stereocenters. The number of unbranched alkanes of at least 4 members (excludes halogenated alkanes) is 2. The summed E-state index contributed by atoms with van der Waals surface area (Å²) in [4.78, 5) is 26.6. The monoisotopic (exact) mass is 835 g/mol. The van der Waals surface area contributed by atoms with Gasteiger partial charge in [0, 0.05) is 44.6 Å². The first-order chi connectivity index (χ1) is 28.8. The van der Waals surface area contributed by atoms with Gasteiger partial charge in [-0.15, -0.1) is 0 Å². The number of benzene rings is 4. The average molecular weight is 836 g/mol. The van der Waals surface area contributed by atoms with Gasteiger partial charge in [0.2, 0.25) is 17.4 Å². The molecule has 60 heavy (non-hydrogen) atoms. The van der Waals surface area contributed by atoms with Crippen LogP contribution in [0.15, 0.2) is 119 Å². The first kappa shape index (κ1) is 43.7. The normalized spacial score (nSPS) is 13.7. The minimum Gasteiger partial charge on any atom is -0.444 e. The van der Waals surface area contributed by atoms with Crippen molar-refractivity contribution in [2.45, 2.75) is 78.4 Å². The number of hydrogen-bond donors (Lipinski definition) is 3. The molecule has 1 aliphatic heterocycles. The Balaban J connectivity index is 1.21. The van der Waals surface area contributed by atoms with Crippen LogP contribution in [0.3, 0.4) is 0 Å². The number of amides is 2. The molecule has 0 bridgehead atoms. The van der Waals surface area contributed by atoms with Gasteiger partial charge < -0.3 is 29.4 Å². The molecule has 5 aromatic rings. The molecule has 2 heterocycles. The smallest absolute Gasteiger partial charge is 0.407 e. The fourth-order valence-corrected chi connectivity index (χ4v) is 7.46. The van der Waals surface area contributed by atoms with E-state index in [4.69, 9.17) is 13.9 Å². The average Bonchev–Trinajstić information content (AvgIpc) is 3.74. The lowest BCUT2D eigenvalue weighted by atomic mass is 10.0. The van der Waals surface area contributed by atoms with Crippen LogP contribution in [0.1, 0.15) is 72.1 Å². The van der Waals surface area contributed by atoms with Crippen molar-refractivity contribution in [2.24, 2.45) is 0 Å². The number of carbonyl (C=O) groups is 2. The minimum atomic E-state index is -4.15. The van der Waals surface area contributed by atoms with E-state index in [9.17, 15) is 22.6 Å². The fourth-order valence-electron chi connectivity index (χ4n) is 6.97. The van der Waals surface area contributed by atoms with E-state index in [2.05, 4.69) is 46.7 Å². The predicted octanol–water partition coefficient (Wildman–Crippen LogP) is 9.07. The summed E-state index contributed by atoms with van der Waals surface area (Å²) in [6.07, 6.45) is 6.99. The number of fused-ring (bicyclic) bond motifs is 2. The van der Waals surface area contributed by atoms with Gasteiger partial charge in [0.15, 0.2) is 12.3 Å². The van der Waals surface area contributed by atoms with Gasteiger partial charge in [-0.2, -0.15) is 13.0 Å². The molecule has 0 radical (unpaired) electrons. The number of carbonyl (C=O) groups excluding carboxylic acids is 2. The number of nitrogens with one attached hydrogen (secondary N) is 2. The number of nitrogens with zero attached hydrogens (tertiary/aromatic N) is 2. The zero-order valence-corrected chi connectivity index (χ0v) is 35.6. The Bertz CT molecular complexity index is 2440. The summed E-state index contributed by atoms with van der Waals surface area (Å²) in [7, 11) is -4.15. The number of aryl methyl sites for hydroxylation is 1. The van der Waals surface area contributed by atoms with Crippen LogP contribution in [-0.4, -0.2) is 56.0 Å². The van der Waals surface area contributed by atoms with Crippen molar-refractivity contribution in [3.05, 3.63) is 120 Å². The number of ether oxygens (including phenoxy) is 2. The van der Waals surface area contributed by atoms with E-state index in [0.29, 0.717) is 56.3 Å². The third kappa shape index (κ3) is 12.3. The van der Waals surface area contributed by atoms with Crippen LogP contribution >= 0.6 is 0 Å². The van der Waals surface area contributed by atoms with Crippen LogP contribution in [0.4, 0.5) is 10.5 Å². The van der Waals surface area contributed by atoms with Crippen LogP contribution in [-0.2, 0) is 26.2 Å². The Kier molecular flexibility index (Phi) is 14.5. The molecule has 0 spiro atoms. The lowest BCUT2D eigenvalue weighted by Crippen LogP contribution is -2.37. The zero-order chi connectivity index (χ0) is 42.7. The van der Waals surface area contributed by atoms with Gasteiger partial charge in [-0.25, -0.2) is 4.79 Å². The van der Waals surface area contributed by atoms with Gasteiger partial charge in [0.1, 0.15) is 5.60 Å². The number of anilines is 1. The first-order valence-electron chi connectivity index (χ1n) is 20.5. The lowest BCUT2D eigenvalue weighted by molar-refractivity contribution is -0.677. The van der Waals surface area contributed by atoms with Crippen molar-refractivity contribution in [3.8, 4) is 28.0 Å². The van der Waals surface area contributed by atoms with Crippen molar-refractivity contribution >= 4 is 45.0 Å². The van der Waals surface area contributed by atoms with Gasteiger partial charge in [-0.1, -0.05) is 86.1 Å². The molecule has 0 unspecified atom stereocenters. The summed E-state index contributed by atoms with van der Waals surface area (Å²) >= 11 is 0. The van der Waals surface area contributed by atoms with E-state index in [1.54, 1.807) is 20.8 Å². The highest BCUT2D eigenvalue weighted by Gasteiger charge is 2.28. The van der Waals surface area contributed by atoms with E-state index in [1.807, 2.05) is 89.5 Å². The highest BCUT2D eigenvalue weighted by Crippen LogP contribution is 2.42. The van der Waals surface area contributed by atoms with Crippen LogP contribution in [0, 0.1) is 0 Å². The Morgan fingerprint density at radius 3 is 2.17 bits per heavy atom. The van der Waals surface area contributed by atoms with Crippen LogP contribution in [0.2, 0.25) is 0 Å². The molecule has 2 amide bonds. The van der Waals surface area contributed by atoms with Gasteiger partial charge >= 0.3 is 12.0 Å². The van der Waals surface area contributed by atoms with Gasteiger partial charge in [-0.05, 0) is 86.1 Å². The van der Waals surface area contributed by atoms with Crippen molar-refractivity contribution in [1.29, 1.82) is 0 Å². The summed E-state index contributed by atoms with van der Waals surface area (Å²) in [5.74, 6) is 1.51. The van der Waals surface area contributed by atoms with E-state index in [1.165, 1.54) is 0 Å². The number of alkyl carbamates (subject to hydrolysis) is 1. The molecule has 0 aliphatic carbocycles. The van der Waals surface area contributed by atoms with E-state index < -0.39 is 21.8 Å². The molecule has 13 heteroatoms. The number of rotatable bonds is 18. The van der Waals surface area contributed by atoms with E-state index >= 15 is 0 Å². The quantitative estimate of drug-likeness (QED) is 0.0446. The SMILES string of the molecule is CCC(/C=C1\Oc2ccc(-c3ccccc3)cc2N1CCCCCC(=O)NCCNC(=O)OC(C)(C)C)=C\c1oc2ccc(-c3ccccc3)cc2[n+]1CCCS(=O)(=O)O. The molecule has 0 saturated heterocycles. The Labute approximate surface area is 352 Å². The molecule has 1 aliphatic rings. The van der Waals surface area contributed by atoms with Crippen LogP contribution in [0.25, 0.3) is 39.4 Å². The molecule has 0 saturated carbocycles. The molecule has 4 aromatic carbocycles. The summed E-state index contributed by atoms with van der Waals surface area (Å²) < 4.78 is 53.0. The summed E-state index contributed by atoms with van der Waals surface area (Å²) in [5, 5.41) is 5.51. The molecule has 3 N–H and O–H groups in total. The fraction of sp³-hybridized carbons (Fsp3) is 0.340. The third-order valence-corrected chi connectivity index (χ3v) is 10.7. The molecular weight excluding hydrogens is 781 g/mol. The second kappa shape index (κ2) is 19.9. The maximum atomic E-state index is 12.5. The maximum absolute atomic E-state index is 12.5. The molecule has 6 rings (SSSR count). The summed E-state index contributed by atoms with van der Waals surface area (Å²) in [5.41, 5.74) is 6.96. The Morgan fingerprint density at radius 1 is 0.833 bits per heavy atom. The lowest BCUT2D eigenvalue weighted by Gasteiger charge is -2.19. The van der Waals surface area contributed by atoms with Crippen molar-refractivity contribution in [3.63, 3.8) is 0 Å². The Morgan fingerprint density at radius 2 is 1.50 bits per heavy atom. The predicted molar refractivity (Wildman–Crippen MR) is 235 cm³/mol. The van der Waals surface area contributed by atoms with Crippen LogP contribution < -0.4 is 24.8 Å². The standard InChI is InChI=1S/C47H54N4O8S/c1-5-34(31-45-51(28-15-29-60(54,55)56)40-33-38(22-24-42(40)58-45)36-18-11-7-12-19-36)30-44-50(39-32-37(21-23-41(39)57-44)35-16-9-6-10-17-35)27-14-8-13-20-43(52)48-25-26-49-46(53)59-47(2,3)4/h6-7,9-12,16-19,21-24,30-33H,5,8,13-15,20,25-29H2,1-4H3,(H2-,48,49,52,53,54,55,56)/p+1. The van der Waals surface area contributed by atoms with Gasteiger partial charge in [-0.3, -0.25) is 9.35 Å². The first-order valence-corrected chi connectivity index (χ1v) is 22.1. The topological polar surface area (TPSA) is 151 Å². The van der Waals surface area contributed by atoms with Crippen LogP contribution in [0.5, 0.6) is 5.75 Å². The molecule has 12 nitrogen and oxygen atoms in total. The second-order valence-corrected chi connectivity index (χ2v) is 17.3. The summed E-state index contributed by atoms with van der Waals surface area (Å²) in [6, 6.07) is 32.4. The number of allylic oxidation sites excluding steroid dienone is 2. The number of oxazole rings is 1. The zero-order valence-electron chi connectivity index (χ0n) is 34.8. The number of aromatic nitrogens is 1. The summed E-state index contributed by atoms with van der Waals surface area (Å²) in [6.45, 7) is 9.00. The Hall–Kier alpha value is -5.92. The van der Waals surface area contributed by atoms with E-state index in [-0.39, 0.29) is 24.6 Å². The highest BCUT2D eigenvalue weighted by atomic mass is 32.2. The van der Waals surface area contributed by atoms with Crippen molar-refractivity contribution in [1.82, 2.24) is 10.6 Å². The van der Waals surface area contributed by atoms with Gasteiger partial charge in [0.05, 0.1) is 17.5 Å². The van der Waals surface area contributed by atoms with Crippen molar-refractivity contribution in [2.75, 3.05) is 30.3 Å². The van der Waals surface area contributed by atoms with E-state index in [0.717, 1.165) is 57.6 Å². The number of hydrogen-bond acceptors (Lipinski definition) is 8. The molecule has 1 aromatic heterocycles. The molecule has 0 fully saturated rings. The van der Waals surface area contributed by atoms with Crippen molar-refractivity contribution < 1.29 is 41.0 Å². The molecular formula is C47H55N4O8S+. The van der Waals surface area contributed by atoms with Gasteiger partial charge in [0.25, 0.3) is 15.6 Å². The third-order valence-electron chi connectivity index (χ3n) is 9.89. The largest absolute Gasteiger partial charge is 0.444 e. The molecule has 316 valence electrons. The maximum Gasteiger partial charge on any atom is 0.407 e.